The number of fused-ring (bicyclic) bond motifs is 1. The van der Waals surface area contributed by atoms with Gasteiger partial charge in [0, 0.05) is 22.1 Å². The second kappa shape index (κ2) is 5.19. The van der Waals surface area contributed by atoms with Crippen molar-refractivity contribution in [2.45, 2.75) is 19.4 Å². The predicted molar refractivity (Wildman–Crippen MR) is 90.0 cm³/mol. The Bertz CT molecular complexity index is 679. The fraction of sp³-hybridized carbons (Fsp3) is 0.235. The molecule has 108 valence electrons. The van der Waals surface area contributed by atoms with Gasteiger partial charge < -0.3 is 10.2 Å². The third-order valence-electron chi connectivity index (χ3n) is 3.56. The Morgan fingerprint density at radius 2 is 1.81 bits per heavy atom. The van der Waals surface area contributed by atoms with Gasteiger partial charge in [0.15, 0.2) is 0 Å². The normalized spacial score (nSPS) is 16.0. The molecule has 1 heterocycles. The number of amides is 1. The second-order valence-corrected chi connectivity index (χ2v) is 6.84. The van der Waals surface area contributed by atoms with E-state index < -0.39 is 0 Å². The molecule has 0 saturated heterocycles. The number of anilines is 2. The zero-order valence-corrected chi connectivity index (χ0v) is 13.6. The first-order valence-corrected chi connectivity index (χ1v) is 7.70. The van der Waals surface area contributed by atoms with Gasteiger partial charge in [-0.3, -0.25) is 4.79 Å². The van der Waals surface area contributed by atoms with Gasteiger partial charge in [0.2, 0.25) is 0 Å². The number of carbonyl (C=O) groups is 1. The number of carbonyl (C=O) groups excluding carboxylic acids is 1. The highest BCUT2D eigenvalue weighted by Gasteiger charge is 2.32. The highest BCUT2D eigenvalue weighted by molar-refractivity contribution is 9.10. The summed E-state index contributed by atoms with van der Waals surface area (Å²) >= 11 is 3.40. The van der Waals surface area contributed by atoms with Crippen LogP contribution in [0, 0.1) is 0 Å². The minimum absolute atomic E-state index is 0.0320. The van der Waals surface area contributed by atoms with E-state index in [4.69, 9.17) is 0 Å². The molecule has 2 aromatic carbocycles. The molecule has 1 aliphatic heterocycles. The van der Waals surface area contributed by atoms with E-state index >= 15 is 0 Å². The molecule has 3 nitrogen and oxygen atoms in total. The van der Waals surface area contributed by atoms with Gasteiger partial charge in [-0.1, -0.05) is 28.1 Å². The van der Waals surface area contributed by atoms with Crippen molar-refractivity contribution < 1.29 is 4.79 Å². The Morgan fingerprint density at radius 3 is 2.52 bits per heavy atom. The lowest BCUT2D eigenvalue weighted by molar-refractivity contribution is 0.0981. The zero-order valence-electron chi connectivity index (χ0n) is 12.1. The largest absolute Gasteiger partial charge is 0.377 e. The summed E-state index contributed by atoms with van der Waals surface area (Å²) in [5, 5.41) is 3.48. The number of para-hydroxylation sites is 2. The first kappa shape index (κ1) is 14.1. The van der Waals surface area contributed by atoms with Crippen LogP contribution in [0.2, 0.25) is 0 Å². The third-order valence-corrected chi connectivity index (χ3v) is 4.09. The molecule has 21 heavy (non-hydrogen) atoms. The summed E-state index contributed by atoms with van der Waals surface area (Å²) in [5.41, 5.74) is 2.48. The monoisotopic (exact) mass is 344 g/mol. The number of benzene rings is 2. The number of hydrogen-bond donors (Lipinski definition) is 1. The highest BCUT2D eigenvalue weighted by atomic mass is 79.9. The summed E-state index contributed by atoms with van der Waals surface area (Å²) in [6.07, 6.45) is 0. The van der Waals surface area contributed by atoms with Gasteiger partial charge in [0.05, 0.1) is 11.4 Å². The van der Waals surface area contributed by atoms with E-state index in [2.05, 4.69) is 35.1 Å². The lowest BCUT2D eigenvalue weighted by Crippen LogP contribution is -2.50. The SMILES string of the molecule is CC1(C)CN(C(=O)c2ccc(Br)cc2)c2ccccc2N1. The lowest BCUT2D eigenvalue weighted by Gasteiger charge is -2.40. The van der Waals surface area contributed by atoms with Crippen molar-refractivity contribution in [1.29, 1.82) is 0 Å². The Balaban J connectivity index is 2.01. The maximum Gasteiger partial charge on any atom is 0.258 e. The average Bonchev–Trinajstić information content (AvgIpc) is 2.45. The van der Waals surface area contributed by atoms with Crippen molar-refractivity contribution in [2.24, 2.45) is 0 Å². The number of halogens is 1. The van der Waals surface area contributed by atoms with Crippen molar-refractivity contribution in [3.8, 4) is 0 Å². The number of hydrogen-bond acceptors (Lipinski definition) is 2. The molecule has 0 fully saturated rings. The molecule has 3 rings (SSSR count). The van der Waals surface area contributed by atoms with Crippen LogP contribution in [0.15, 0.2) is 53.0 Å². The molecule has 0 unspecified atom stereocenters. The van der Waals surface area contributed by atoms with E-state index in [0.29, 0.717) is 12.1 Å². The topological polar surface area (TPSA) is 32.3 Å². The van der Waals surface area contributed by atoms with Crippen LogP contribution in [-0.2, 0) is 0 Å². The summed E-state index contributed by atoms with van der Waals surface area (Å²) in [4.78, 5) is 14.7. The van der Waals surface area contributed by atoms with Crippen LogP contribution in [0.5, 0.6) is 0 Å². The molecule has 1 N–H and O–H groups in total. The van der Waals surface area contributed by atoms with Gasteiger partial charge in [-0.2, -0.15) is 0 Å². The van der Waals surface area contributed by atoms with Gasteiger partial charge in [0.25, 0.3) is 5.91 Å². The van der Waals surface area contributed by atoms with E-state index in [1.54, 1.807) is 0 Å². The van der Waals surface area contributed by atoms with Gasteiger partial charge >= 0.3 is 0 Å². The molecule has 0 saturated carbocycles. The van der Waals surface area contributed by atoms with E-state index in [1.807, 2.05) is 53.4 Å². The summed E-state index contributed by atoms with van der Waals surface area (Å²) in [6, 6.07) is 15.4. The third kappa shape index (κ3) is 2.81. The molecule has 0 aromatic heterocycles. The van der Waals surface area contributed by atoms with Crippen molar-refractivity contribution in [3.63, 3.8) is 0 Å². The molecule has 1 aliphatic rings. The predicted octanol–water partition coefficient (Wildman–Crippen LogP) is 4.30. The highest BCUT2D eigenvalue weighted by Crippen LogP contribution is 2.35. The molecular weight excluding hydrogens is 328 g/mol. The van der Waals surface area contributed by atoms with Gasteiger partial charge in [-0.05, 0) is 50.2 Å². The molecule has 0 atom stereocenters. The second-order valence-electron chi connectivity index (χ2n) is 5.92. The quantitative estimate of drug-likeness (QED) is 0.836. The number of nitrogens with zero attached hydrogens (tertiary/aromatic N) is 1. The Morgan fingerprint density at radius 1 is 1.14 bits per heavy atom. The van der Waals surface area contributed by atoms with Gasteiger partial charge in [-0.25, -0.2) is 0 Å². The van der Waals surface area contributed by atoms with Crippen molar-refractivity contribution in [3.05, 3.63) is 58.6 Å². The molecule has 0 spiro atoms. The van der Waals surface area contributed by atoms with Crippen molar-refractivity contribution in [2.75, 3.05) is 16.8 Å². The van der Waals surface area contributed by atoms with Gasteiger partial charge in [0.1, 0.15) is 0 Å². The van der Waals surface area contributed by atoms with Crippen LogP contribution in [-0.4, -0.2) is 18.0 Å². The van der Waals surface area contributed by atoms with E-state index in [1.165, 1.54) is 0 Å². The van der Waals surface area contributed by atoms with Crippen LogP contribution in [0.25, 0.3) is 0 Å². The summed E-state index contributed by atoms with van der Waals surface area (Å²) in [5.74, 6) is 0.0320. The maximum absolute atomic E-state index is 12.8. The van der Waals surface area contributed by atoms with Crippen LogP contribution in [0.1, 0.15) is 24.2 Å². The minimum atomic E-state index is -0.153. The minimum Gasteiger partial charge on any atom is -0.377 e. The molecule has 0 radical (unpaired) electrons. The summed E-state index contributed by atoms with van der Waals surface area (Å²) in [6.45, 7) is 4.84. The summed E-state index contributed by atoms with van der Waals surface area (Å²) in [7, 11) is 0. The molecule has 1 amide bonds. The maximum atomic E-state index is 12.8. The lowest BCUT2D eigenvalue weighted by atomic mass is 9.98. The molecule has 0 bridgehead atoms. The van der Waals surface area contributed by atoms with Crippen LogP contribution < -0.4 is 10.2 Å². The number of rotatable bonds is 1. The Hall–Kier alpha value is -1.81. The van der Waals surface area contributed by atoms with E-state index in [9.17, 15) is 4.79 Å². The first-order chi connectivity index (χ1) is 9.96. The number of nitrogens with one attached hydrogen (secondary N) is 1. The van der Waals surface area contributed by atoms with Gasteiger partial charge in [-0.15, -0.1) is 0 Å². The fourth-order valence-corrected chi connectivity index (χ4v) is 2.89. The Kier molecular flexibility index (Phi) is 3.49. The zero-order chi connectivity index (χ0) is 15.0. The van der Waals surface area contributed by atoms with E-state index in [0.717, 1.165) is 15.8 Å². The van der Waals surface area contributed by atoms with Crippen molar-refractivity contribution in [1.82, 2.24) is 0 Å². The molecular formula is C17H17BrN2O. The van der Waals surface area contributed by atoms with Crippen LogP contribution in [0.3, 0.4) is 0 Å². The fourth-order valence-electron chi connectivity index (χ4n) is 2.63. The molecule has 4 heteroatoms. The Labute approximate surface area is 133 Å². The average molecular weight is 345 g/mol. The van der Waals surface area contributed by atoms with Crippen LogP contribution in [0.4, 0.5) is 11.4 Å². The smallest absolute Gasteiger partial charge is 0.258 e. The molecule has 2 aromatic rings. The van der Waals surface area contributed by atoms with Crippen LogP contribution >= 0.6 is 15.9 Å². The van der Waals surface area contributed by atoms with Crippen molar-refractivity contribution >= 4 is 33.2 Å². The molecule has 0 aliphatic carbocycles. The van der Waals surface area contributed by atoms with E-state index in [-0.39, 0.29) is 11.4 Å². The summed E-state index contributed by atoms with van der Waals surface area (Å²) < 4.78 is 0.972. The standard InChI is InChI=1S/C17H17BrN2O/c1-17(2)11-20(15-6-4-3-5-14(15)19-17)16(21)12-7-9-13(18)10-8-12/h3-10,19H,11H2,1-2H3. The first-order valence-electron chi connectivity index (χ1n) is 6.91.